The molecule has 1 atom stereocenters. The van der Waals surface area contributed by atoms with Crippen LogP contribution >= 0.6 is 0 Å². The molecule has 3 rings (SSSR count). The number of hydrogen-bond donors (Lipinski definition) is 0. The fourth-order valence-electron chi connectivity index (χ4n) is 2.59. The Bertz CT molecular complexity index is 609. The number of para-hydroxylation sites is 1. The molecule has 0 saturated carbocycles. The van der Waals surface area contributed by atoms with Crippen LogP contribution in [0, 0.1) is 7.43 Å². The van der Waals surface area contributed by atoms with Crippen molar-refractivity contribution in [1.82, 2.24) is 0 Å². The van der Waals surface area contributed by atoms with Crippen LogP contribution in [0.2, 0.25) is 0 Å². The van der Waals surface area contributed by atoms with E-state index in [9.17, 15) is 0 Å². The van der Waals surface area contributed by atoms with Crippen LogP contribution in [0.15, 0.2) is 59.6 Å². The third kappa shape index (κ3) is 8.38. The first-order valence-electron chi connectivity index (χ1n) is 8.78. The molecular formula is C22H30N2OPd. The normalized spacial score (nSPS) is 15.5. The van der Waals surface area contributed by atoms with E-state index in [0.717, 1.165) is 31.9 Å². The van der Waals surface area contributed by atoms with Crippen molar-refractivity contribution in [3.63, 3.8) is 0 Å². The SMILES string of the molecule is C(=Nc1ccccc1-c1ccccc1)C1CCC[N-]1.CCOCC.[CH3-].[Pd+2]. The van der Waals surface area contributed by atoms with Gasteiger partial charge in [0.2, 0.25) is 0 Å². The van der Waals surface area contributed by atoms with Gasteiger partial charge in [-0.25, -0.2) is 0 Å². The molecule has 1 saturated heterocycles. The van der Waals surface area contributed by atoms with Crippen molar-refractivity contribution >= 4 is 11.9 Å². The largest absolute Gasteiger partial charge is 2.00 e. The Labute approximate surface area is 172 Å². The number of ether oxygens (including phenoxy) is 1. The minimum Gasteiger partial charge on any atom is -0.655 e. The molecule has 1 unspecified atom stereocenters. The van der Waals surface area contributed by atoms with Gasteiger partial charge in [0.1, 0.15) is 0 Å². The number of hydrogen-bond acceptors (Lipinski definition) is 2. The zero-order valence-corrected chi connectivity index (χ0v) is 17.6. The van der Waals surface area contributed by atoms with E-state index in [1.807, 2.05) is 32.2 Å². The molecule has 0 radical (unpaired) electrons. The third-order valence-electron chi connectivity index (χ3n) is 3.80. The van der Waals surface area contributed by atoms with Crippen LogP contribution in [0.25, 0.3) is 16.4 Å². The van der Waals surface area contributed by atoms with E-state index in [1.165, 1.54) is 17.5 Å². The Kier molecular flexibility index (Phi) is 14.1. The molecule has 0 aliphatic carbocycles. The second-order valence-corrected chi connectivity index (χ2v) is 5.56. The van der Waals surface area contributed by atoms with Crippen molar-refractivity contribution in [2.24, 2.45) is 4.99 Å². The van der Waals surface area contributed by atoms with E-state index in [0.29, 0.717) is 6.04 Å². The van der Waals surface area contributed by atoms with Crippen molar-refractivity contribution < 1.29 is 25.2 Å². The molecule has 0 N–H and O–H groups in total. The molecule has 26 heavy (non-hydrogen) atoms. The van der Waals surface area contributed by atoms with Crippen LogP contribution in [-0.2, 0) is 25.2 Å². The number of benzene rings is 2. The quantitative estimate of drug-likeness (QED) is 0.312. The first-order chi connectivity index (χ1) is 11.8. The van der Waals surface area contributed by atoms with Gasteiger partial charge in [-0.3, -0.25) is 4.99 Å². The summed E-state index contributed by atoms with van der Waals surface area (Å²) < 4.78 is 4.83. The average molecular weight is 445 g/mol. The average Bonchev–Trinajstić information content (AvgIpc) is 3.16. The maximum absolute atomic E-state index is 4.83. The summed E-state index contributed by atoms with van der Waals surface area (Å²) in [6.07, 6.45) is 4.32. The topological polar surface area (TPSA) is 35.7 Å². The van der Waals surface area contributed by atoms with Crippen molar-refractivity contribution in [3.8, 4) is 11.1 Å². The maximum Gasteiger partial charge on any atom is 2.00 e. The summed E-state index contributed by atoms with van der Waals surface area (Å²) in [5.41, 5.74) is 3.41. The smallest absolute Gasteiger partial charge is 0.655 e. The van der Waals surface area contributed by atoms with Crippen LogP contribution in [0.5, 0.6) is 0 Å². The summed E-state index contributed by atoms with van der Waals surface area (Å²) in [5, 5.41) is 4.50. The molecule has 1 fully saturated rings. The molecule has 1 heterocycles. The van der Waals surface area contributed by atoms with Crippen LogP contribution in [-0.4, -0.2) is 32.0 Å². The van der Waals surface area contributed by atoms with Crippen molar-refractivity contribution in [1.29, 1.82) is 0 Å². The van der Waals surface area contributed by atoms with Crippen LogP contribution in [0.4, 0.5) is 5.69 Å². The van der Waals surface area contributed by atoms with E-state index < -0.39 is 0 Å². The van der Waals surface area contributed by atoms with Gasteiger partial charge < -0.3 is 17.5 Å². The Morgan fingerprint density at radius 3 is 2.27 bits per heavy atom. The molecule has 0 spiro atoms. The Hall–Kier alpha value is -1.31. The van der Waals surface area contributed by atoms with Gasteiger partial charge in [0, 0.05) is 18.8 Å². The second kappa shape index (κ2) is 14.8. The first kappa shape index (κ1) is 24.7. The van der Waals surface area contributed by atoms with Crippen molar-refractivity contribution in [2.75, 3.05) is 19.8 Å². The molecular weight excluding hydrogens is 415 g/mol. The van der Waals surface area contributed by atoms with Crippen molar-refractivity contribution in [2.45, 2.75) is 32.7 Å². The molecule has 2 aromatic carbocycles. The van der Waals surface area contributed by atoms with E-state index in [-0.39, 0.29) is 27.8 Å². The number of aliphatic imine (C=N–C) groups is 1. The van der Waals surface area contributed by atoms with Gasteiger partial charge >= 0.3 is 20.4 Å². The van der Waals surface area contributed by atoms with Gasteiger partial charge in [-0.2, -0.15) is 0 Å². The predicted molar refractivity (Wildman–Crippen MR) is 110 cm³/mol. The summed E-state index contributed by atoms with van der Waals surface area (Å²) in [6, 6.07) is 19.0. The van der Waals surface area contributed by atoms with Gasteiger partial charge in [-0.05, 0) is 31.7 Å². The summed E-state index contributed by atoms with van der Waals surface area (Å²) in [6.45, 7) is 6.65. The van der Waals surface area contributed by atoms with Crippen molar-refractivity contribution in [3.05, 3.63) is 67.3 Å². The molecule has 3 nitrogen and oxygen atoms in total. The number of nitrogens with zero attached hydrogens (tertiary/aromatic N) is 2. The van der Waals surface area contributed by atoms with Gasteiger partial charge in [0.15, 0.2) is 0 Å². The molecule has 0 bridgehead atoms. The van der Waals surface area contributed by atoms with E-state index in [2.05, 4.69) is 52.8 Å². The van der Waals surface area contributed by atoms with Crippen LogP contribution in [0.3, 0.4) is 0 Å². The molecule has 1 aliphatic heterocycles. The molecule has 144 valence electrons. The van der Waals surface area contributed by atoms with E-state index in [4.69, 9.17) is 4.74 Å². The molecule has 4 heteroatoms. The molecule has 0 aromatic heterocycles. The van der Waals surface area contributed by atoms with Gasteiger partial charge in [0.05, 0.1) is 5.69 Å². The molecule has 0 amide bonds. The minimum atomic E-state index is 0. The summed E-state index contributed by atoms with van der Waals surface area (Å²) in [7, 11) is 0. The monoisotopic (exact) mass is 444 g/mol. The standard InChI is InChI=1S/C17H17N2.C4H10O.CH3.Pd/c1-2-7-14(8-3-1)16-10-4-5-11-17(16)19-13-15-9-6-12-18-15;1-3-5-4-2;;/h1-5,7-8,10-11,13,15H,6,9,12H2;3-4H2,1-2H3;1H3;/q-1;;-1;+2. The minimum absolute atomic E-state index is 0. The molecule has 1 aliphatic rings. The van der Waals surface area contributed by atoms with Gasteiger partial charge in [-0.15, -0.1) is 6.54 Å². The van der Waals surface area contributed by atoms with Gasteiger partial charge in [-0.1, -0.05) is 67.4 Å². The second-order valence-electron chi connectivity index (χ2n) is 5.56. The fourth-order valence-corrected chi connectivity index (χ4v) is 2.59. The van der Waals surface area contributed by atoms with Crippen LogP contribution in [0.1, 0.15) is 26.7 Å². The van der Waals surface area contributed by atoms with E-state index in [1.54, 1.807) is 0 Å². The van der Waals surface area contributed by atoms with Crippen LogP contribution < -0.4 is 0 Å². The number of rotatable bonds is 5. The Morgan fingerprint density at radius 1 is 1.04 bits per heavy atom. The summed E-state index contributed by atoms with van der Waals surface area (Å²) >= 11 is 0. The summed E-state index contributed by atoms with van der Waals surface area (Å²) in [5.74, 6) is 0. The Morgan fingerprint density at radius 2 is 1.69 bits per heavy atom. The Balaban J connectivity index is 0.000000798. The summed E-state index contributed by atoms with van der Waals surface area (Å²) in [4.78, 5) is 4.65. The van der Waals surface area contributed by atoms with Gasteiger partial charge in [0.25, 0.3) is 0 Å². The first-order valence-corrected chi connectivity index (χ1v) is 8.78. The maximum atomic E-state index is 4.83. The zero-order chi connectivity index (χ0) is 17.0. The fraction of sp³-hybridized carbons (Fsp3) is 0.364. The zero-order valence-electron chi connectivity index (χ0n) is 16.0. The predicted octanol–water partition coefficient (Wildman–Crippen LogP) is 6.08. The molecule has 2 aromatic rings. The van der Waals surface area contributed by atoms with E-state index >= 15 is 0 Å². The third-order valence-corrected chi connectivity index (χ3v) is 3.80.